The smallest absolute Gasteiger partial charge is 0.287 e. The fourth-order valence-corrected chi connectivity index (χ4v) is 3.20. The van der Waals surface area contributed by atoms with Crippen molar-refractivity contribution in [1.29, 1.82) is 0 Å². The van der Waals surface area contributed by atoms with Gasteiger partial charge < -0.3 is 15.5 Å². The van der Waals surface area contributed by atoms with E-state index in [4.69, 9.17) is 10.2 Å². The highest BCUT2D eigenvalue weighted by Crippen LogP contribution is 2.27. The lowest BCUT2D eigenvalue weighted by Crippen LogP contribution is -2.38. The van der Waals surface area contributed by atoms with E-state index in [-0.39, 0.29) is 11.9 Å². The zero-order valence-electron chi connectivity index (χ0n) is 12.4. The van der Waals surface area contributed by atoms with Gasteiger partial charge in [0.25, 0.3) is 5.91 Å². The van der Waals surface area contributed by atoms with Crippen molar-refractivity contribution in [3.8, 4) is 0 Å². The Morgan fingerprint density at radius 3 is 2.81 bits per heavy atom. The topological polar surface area (TPSA) is 68.3 Å². The van der Waals surface area contributed by atoms with Gasteiger partial charge in [-0.15, -0.1) is 0 Å². The summed E-state index contributed by atoms with van der Waals surface area (Å²) in [6, 6.07) is 7.34. The van der Waals surface area contributed by atoms with Crippen LogP contribution >= 0.6 is 0 Å². The van der Waals surface area contributed by atoms with Crippen molar-refractivity contribution >= 4 is 22.6 Å². The average Bonchev–Trinajstić information content (AvgIpc) is 2.91. The molecule has 1 aliphatic carbocycles. The molecule has 0 spiro atoms. The highest BCUT2D eigenvalue weighted by Gasteiger charge is 2.23. The van der Waals surface area contributed by atoms with Crippen LogP contribution in [0.4, 0.5) is 5.69 Å². The molecule has 3 rings (SSSR count). The zero-order valence-corrected chi connectivity index (χ0v) is 12.4. The third kappa shape index (κ3) is 3.04. The molecule has 112 valence electrons. The van der Waals surface area contributed by atoms with Crippen molar-refractivity contribution in [2.24, 2.45) is 5.92 Å². The largest absolute Gasteiger partial charge is 0.451 e. The molecule has 1 atom stereocenters. The number of carbonyl (C=O) groups excluding carboxylic acids is 1. The van der Waals surface area contributed by atoms with Gasteiger partial charge in [0, 0.05) is 17.1 Å². The van der Waals surface area contributed by atoms with E-state index in [2.05, 4.69) is 12.2 Å². The van der Waals surface area contributed by atoms with Crippen molar-refractivity contribution in [3.05, 3.63) is 30.0 Å². The van der Waals surface area contributed by atoms with Gasteiger partial charge in [-0.3, -0.25) is 4.79 Å². The number of benzene rings is 1. The van der Waals surface area contributed by atoms with Gasteiger partial charge in [-0.05, 0) is 49.9 Å². The molecule has 4 nitrogen and oxygen atoms in total. The van der Waals surface area contributed by atoms with E-state index in [1.165, 1.54) is 32.1 Å². The molecule has 1 amide bonds. The van der Waals surface area contributed by atoms with E-state index in [0.717, 1.165) is 5.39 Å². The maximum atomic E-state index is 12.3. The van der Waals surface area contributed by atoms with E-state index in [9.17, 15) is 4.79 Å². The van der Waals surface area contributed by atoms with Crippen molar-refractivity contribution < 1.29 is 9.21 Å². The van der Waals surface area contributed by atoms with Crippen molar-refractivity contribution in [1.82, 2.24) is 5.32 Å². The summed E-state index contributed by atoms with van der Waals surface area (Å²) in [5.41, 5.74) is 7.11. The molecule has 1 aliphatic rings. The van der Waals surface area contributed by atoms with E-state index in [1.54, 1.807) is 18.2 Å². The molecule has 0 aliphatic heterocycles. The van der Waals surface area contributed by atoms with Crippen LogP contribution in [0.3, 0.4) is 0 Å². The lowest BCUT2D eigenvalue weighted by Gasteiger charge is -2.27. The van der Waals surface area contributed by atoms with Crippen LogP contribution in [0.5, 0.6) is 0 Å². The van der Waals surface area contributed by atoms with Crippen LogP contribution in [0.2, 0.25) is 0 Å². The number of hydrogen-bond acceptors (Lipinski definition) is 3. The van der Waals surface area contributed by atoms with Crippen LogP contribution in [-0.4, -0.2) is 11.9 Å². The second-order valence-corrected chi connectivity index (χ2v) is 6.07. The number of furan rings is 1. The molecule has 0 bridgehead atoms. The molecular weight excluding hydrogens is 264 g/mol. The number of anilines is 1. The Balaban J connectivity index is 1.71. The van der Waals surface area contributed by atoms with Gasteiger partial charge in [0.05, 0.1) is 0 Å². The summed E-state index contributed by atoms with van der Waals surface area (Å²) in [6.07, 6.45) is 6.28. The number of hydrogen-bond donors (Lipinski definition) is 2. The molecule has 2 aromatic rings. The number of nitrogens with one attached hydrogen (secondary N) is 1. The van der Waals surface area contributed by atoms with E-state index in [0.29, 0.717) is 22.9 Å². The fraction of sp³-hybridized carbons (Fsp3) is 0.471. The highest BCUT2D eigenvalue weighted by atomic mass is 16.3. The standard InChI is InChI=1S/C17H22N2O2/c1-11(12-5-3-2-4-6-12)19-17(20)16-10-13-9-14(18)7-8-15(13)21-16/h7-12H,2-6,18H2,1H3,(H,19,20). The molecule has 1 aromatic heterocycles. The van der Waals surface area contributed by atoms with Crippen LogP contribution in [0, 0.1) is 5.92 Å². The fourth-order valence-electron chi connectivity index (χ4n) is 3.20. The molecule has 4 heteroatoms. The summed E-state index contributed by atoms with van der Waals surface area (Å²) >= 11 is 0. The predicted molar refractivity (Wildman–Crippen MR) is 84.1 cm³/mol. The van der Waals surface area contributed by atoms with Crippen LogP contribution in [0.15, 0.2) is 28.7 Å². The van der Waals surface area contributed by atoms with Crippen LogP contribution in [0.25, 0.3) is 11.0 Å². The molecule has 1 saturated carbocycles. The number of nitrogen functional groups attached to an aromatic ring is 1. The minimum Gasteiger partial charge on any atom is -0.451 e. The maximum Gasteiger partial charge on any atom is 0.287 e. The van der Waals surface area contributed by atoms with Gasteiger partial charge >= 0.3 is 0 Å². The molecule has 1 fully saturated rings. The van der Waals surface area contributed by atoms with Gasteiger partial charge in [0.1, 0.15) is 5.58 Å². The Hall–Kier alpha value is -1.97. The minimum atomic E-state index is -0.136. The van der Waals surface area contributed by atoms with E-state index in [1.807, 2.05) is 6.07 Å². The first-order chi connectivity index (χ1) is 10.1. The highest BCUT2D eigenvalue weighted by molar-refractivity contribution is 5.96. The average molecular weight is 286 g/mol. The van der Waals surface area contributed by atoms with Crippen molar-refractivity contribution in [2.45, 2.75) is 45.1 Å². The Morgan fingerprint density at radius 1 is 1.29 bits per heavy atom. The second kappa shape index (κ2) is 5.80. The first-order valence-corrected chi connectivity index (χ1v) is 7.73. The van der Waals surface area contributed by atoms with Gasteiger partial charge in [-0.2, -0.15) is 0 Å². The Bertz CT molecular complexity index is 641. The predicted octanol–water partition coefficient (Wildman–Crippen LogP) is 3.71. The third-order valence-corrected chi connectivity index (χ3v) is 4.48. The van der Waals surface area contributed by atoms with Gasteiger partial charge in [0.2, 0.25) is 0 Å². The van der Waals surface area contributed by atoms with E-state index >= 15 is 0 Å². The summed E-state index contributed by atoms with van der Waals surface area (Å²) in [5, 5.41) is 3.94. The number of rotatable bonds is 3. The number of amides is 1. The first kappa shape index (κ1) is 14.0. The lowest BCUT2D eigenvalue weighted by atomic mass is 9.84. The van der Waals surface area contributed by atoms with Gasteiger partial charge in [-0.1, -0.05) is 19.3 Å². The van der Waals surface area contributed by atoms with Crippen LogP contribution in [0.1, 0.15) is 49.6 Å². The summed E-state index contributed by atoms with van der Waals surface area (Å²) in [6.45, 7) is 2.09. The number of carbonyl (C=O) groups is 1. The SMILES string of the molecule is CC(NC(=O)c1cc2cc(N)ccc2o1)C1CCCCC1. The summed E-state index contributed by atoms with van der Waals surface area (Å²) < 4.78 is 5.61. The summed E-state index contributed by atoms with van der Waals surface area (Å²) in [7, 11) is 0. The quantitative estimate of drug-likeness (QED) is 0.845. The van der Waals surface area contributed by atoms with E-state index < -0.39 is 0 Å². The number of nitrogens with two attached hydrogens (primary N) is 1. The molecule has 1 unspecified atom stereocenters. The Kier molecular flexibility index (Phi) is 3.86. The van der Waals surface area contributed by atoms with Crippen molar-refractivity contribution in [2.75, 3.05) is 5.73 Å². The molecule has 1 aromatic carbocycles. The lowest BCUT2D eigenvalue weighted by molar-refractivity contribution is 0.0893. The Morgan fingerprint density at radius 2 is 2.05 bits per heavy atom. The van der Waals surface area contributed by atoms with Gasteiger partial charge in [0.15, 0.2) is 5.76 Å². The molecule has 3 N–H and O–H groups in total. The van der Waals surface area contributed by atoms with Crippen molar-refractivity contribution in [3.63, 3.8) is 0 Å². The Labute approximate surface area is 124 Å². The van der Waals surface area contributed by atoms with Crippen LogP contribution in [-0.2, 0) is 0 Å². The summed E-state index contributed by atoms with van der Waals surface area (Å²) in [4.78, 5) is 12.3. The molecule has 0 radical (unpaired) electrons. The molecular formula is C17H22N2O2. The zero-order chi connectivity index (χ0) is 14.8. The van der Waals surface area contributed by atoms with Crippen LogP contribution < -0.4 is 11.1 Å². The number of fused-ring (bicyclic) bond motifs is 1. The summed E-state index contributed by atoms with van der Waals surface area (Å²) in [5.74, 6) is 0.809. The normalized spacial score (nSPS) is 17.8. The molecule has 21 heavy (non-hydrogen) atoms. The van der Waals surface area contributed by atoms with Gasteiger partial charge in [-0.25, -0.2) is 0 Å². The first-order valence-electron chi connectivity index (χ1n) is 7.73. The monoisotopic (exact) mass is 286 g/mol. The second-order valence-electron chi connectivity index (χ2n) is 6.07. The molecule has 0 saturated heterocycles. The maximum absolute atomic E-state index is 12.3. The minimum absolute atomic E-state index is 0.136. The third-order valence-electron chi connectivity index (χ3n) is 4.48. The molecule has 1 heterocycles.